The Morgan fingerprint density at radius 1 is 1.19 bits per heavy atom. The molecule has 0 spiro atoms. The molecule has 3 nitrogen and oxygen atoms in total. The smallest absolute Gasteiger partial charge is 0.0390 e. The summed E-state index contributed by atoms with van der Waals surface area (Å²) in [5, 5.41) is 0. The highest BCUT2D eigenvalue weighted by molar-refractivity contribution is 5.09. The van der Waals surface area contributed by atoms with Crippen LogP contribution < -0.4 is 0 Å². The van der Waals surface area contributed by atoms with E-state index in [4.69, 9.17) is 0 Å². The molecule has 0 N–H and O–H groups in total. The molecule has 1 aromatic heterocycles. The number of rotatable bonds is 6. The molecule has 1 atom stereocenters. The molecule has 0 amide bonds. The third kappa shape index (κ3) is 3.51. The van der Waals surface area contributed by atoms with Crippen molar-refractivity contribution >= 4 is 0 Å². The molecule has 3 rings (SSSR count). The van der Waals surface area contributed by atoms with E-state index in [9.17, 15) is 0 Å². The third-order valence-corrected chi connectivity index (χ3v) is 5.58. The van der Waals surface area contributed by atoms with Crippen molar-refractivity contribution in [2.75, 3.05) is 26.2 Å². The topological polar surface area (TPSA) is 11.4 Å². The van der Waals surface area contributed by atoms with E-state index >= 15 is 0 Å². The van der Waals surface area contributed by atoms with Crippen LogP contribution >= 0.6 is 0 Å². The van der Waals surface area contributed by atoms with Crippen molar-refractivity contribution in [2.45, 2.75) is 58.7 Å². The normalized spacial score (nSPS) is 23.9. The molecule has 3 heteroatoms. The lowest BCUT2D eigenvalue weighted by Crippen LogP contribution is -2.42. The predicted molar refractivity (Wildman–Crippen MR) is 88.4 cm³/mol. The van der Waals surface area contributed by atoms with E-state index in [1.54, 1.807) is 0 Å². The van der Waals surface area contributed by atoms with Gasteiger partial charge >= 0.3 is 0 Å². The van der Waals surface area contributed by atoms with Crippen molar-refractivity contribution in [1.29, 1.82) is 0 Å². The van der Waals surface area contributed by atoms with Gasteiger partial charge in [0.1, 0.15) is 0 Å². The maximum Gasteiger partial charge on any atom is 0.0390 e. The third-order valence-electron chi connectivity index (χ3n) is 5.58. The quantitative estimate of drug-likeness (QED) is 0.797. The first-order chi connectivity index (χ1) is 10.3. The summed E-state index contributed by atoms with van der Waals surface area (Å²) < 4.78 is 2.51. The van der Waals surface area contributed by atoms with Gasteiger partial charge < -0.3 is 9.47 Å². The van der Waals surface area contributed by atoms with Gasteiger partial charge in [0.25, 0.3) is 0 Å². The predicted octanol–water partition coefficient (Wildman–Crippen LogP) is 3.20. The van der Waals surface area contributed by atoms with Gasteiger partial charge in [-0.15, -0.1) is 0 Å². The van der Waals surface area contributed by atoms with Gasteiger partial charge in [-0.2, -0.15) is 0 Å². The summed E-state index contributed by atoms with van der Waals surface area (Å²) in [5.74, 6) is 0.805. The van der Waals surface area contributed by atoms with Gasteiger partial charge in [-0.25, -0.2) is 0 Å². The van der Waals surface area contributed by atoms with Crippen LogP contribution in [-0.4, -0.2) is 46.6 Å². The van der Waals surface area contributed by atoms with Gasteiger partial charge in [-0.3, -0.25) is 4.90 Å². The van der Waals surface area contributed by atoms with E-state index < -0.39 is 0 Å². The maximum absolute atomic E-state index is 2.77. The zero-order valence-corrected chi connectivity index (χ0v) is 13.8. The summed E-state index contributed by atoms with van der Waals surface area (Å²) in [7, 11) is 0. The van der Waals surface area contributed by atoms with Crippen LogP contribution in [0.25, 0.3) is 0 Å². The first-order valence-electron chi connectivity index (χ1n) is 8.90. The van der Waals surface area contributed by atoms with Crippen LogP contribution in [0.5, 0.6) is 0 Å². The SMILES string of the molecule is CCN(CC)CC[C@@H]1CN(C2CCC2)Cc2cccn2C1. The number of hydrogen-bond donors (Lipinski definition) is 0. The Morgan fingerprint density at radius 3 is 2.67 bits per heavy atom. The van der Waals surface area contributed by atoms with Crippen molar-refractivity contribution in [1.82, 2.24) is 14.4 Å². The Hall–Kier alpha value is -0.800. The van der Waals surface area contributed by atoms with Crippen molar-refractivity contribution in [2.24, 2.45) is 5.92 Å². The van der Waals surface area contributed by atoms with Gasteiger partial charge in [0, 0.05) is 37.6 Å². The number of aromatic nitrogens is 1. The first kappa shape index (κ1) is 15.1. The fourth-order valence-corrected chi connectivity index (χ4v) is 3.83. The van der Waals surface area contributed by atoms with Crippen LogP contribution in [0.15, 0.2) is 18.3 Å². The van der Waals surface area contributed by atoms with Crippen LogP contribution in [0, 0.1) is 5.92 Å². The highest BCUT2D eigenvalue weighted by Crippen LogP contribution is 2.30. The van der Waals surface area contributed by atoms with Crippen molar-refractivity contribution in [3.63, 3.8) is 0 Å². The van der Waals surface area contributed by atoms with E-state index in [2.05, 4.69) is 46.5 Å². The van der Waals surface area contributed by atoms with Crippen LogP contribution in [0.4, 0.5) is 0 Å². The molecule has 1 saturated carbocycles. The average Bonchev–Trinajstić information content (AvgIpc) is 2.78. The number of nitrogens with zero attached hydrogens (tertiary/aromatic N) is 3. The van der Waals surface area contributed by atoms with E-state index in [1.165, 1.54) is 70.6 Å². The fourth-order valence-electron chi connectivity index (χ4n) is 3.83. The van der Waals surface area contributed by atoms with Crippen molar-refractivity contribution in [3.8, 4) is 0 Å². The zero-order chi connectivity index (χ0) is 14.7. The Kier molecular flexibility index (Phi) is 5.02. The summed E-state index contributed by atoms with van der Waals surface area (Å²) in [6.07, 6.45) is 7.89. The largest absolute Gasteiger partial charge is 0.350 e. The van der Waals surface area contributed by atoms with Crippen LogP contribution in [0.3, 0.4) is 0 Å². The minimum atomic E-state index is 0.805. The monoisotopic (exact) mass is 289 g/mol. The van der Waals surface area contributed by atoms with Gasteiger partial charge in [0.15, 0.2) is 0 Å². The standard InChI is InChI=1S/C18H31N3/c1-3-19(4-2)12-10-16-13-20-11-6-9-18(20)15-21(14-16)17-7-5-8-17/h6,9,11,16-17H,3-5,7-8,10,12-15H2,1-2H3/t16-/m0/s1. The summed E-state index contributed by atoms with van der Waals surface area (Å²) in [6, 6.07) is 5.40. The minimum Gasteiger partial charge on any atom is -0.350 e. The zero-order valence-electron chi connectivity index (χ0n) is 13.8. The Bertz CT molecular complexity index is 431. The van der Waals surface area contributed by atoms with Crippen molar-refractivity contribution < 1.29 is 0 Å². The lowest BCUT2D eigenvalue weighted by molar-refractivity contribution is 0.0990. The first-order valence-corrected chi connectivity index (χ1v) is 8.90. The summed E-state index contributed by atoms with van der Waals surface area (Å²) in [6.45, 7) is 11.9. The van der Waals surface area contributed by atoms with E-state index in [1.807, 2.05) is 0 Å². The van der Waals surface area contributed by atoms with E-state index in [0.29, 0.717) is 0 Å². The van der Waals surface area contributed by atoms with Crippen LogP contribution in [0.2, 0.25) is 0 Å². The number of fused-ring (bicyclic) bond motifs is 1. The molecule has 0 unspecified atom stereocenters. The van der Waals surface area contributed by atoms with Gasteiger partial charge in [-0.1, -0.05) is 20.3 Å². The molecule has 1 aromatic rings. The van der Waals surface area contributed by atoms with Gasteiger partial charge in [0.05, 0.1) is 0 Å². The fraction of sp³-hybridized carbons (Fsp3) is 0.778. The molecule has 1 fully saturated rings. The summed E-state index contributed by atoms with van der Waals surface area (Å²) in [5.41, 5.74) is 1.52. The molecule has 0 saturated heterocycles. The molecular weight excluding hydrogens is 258 g/mol. The van der Waals surface area contributed by atoms with Crippen LogP contribution in [-0.2, 0) is 13.1 Å². The second-order valence-electron chi connectivity index (χ2n) is 6.85. The van der Waals surface area contributed by atoms with Gasteiger partial charge in [0.2, 0.25) is 0 Å². The van der Waals surface area contributed by atoms with Crippen LogP contribution in [0.1, 0.15) is 45.2 Å². The Morgan fingerprint density at radius 2 is 2.00 bits per heavy atom. The highest BCUT2D eigenvalue weighted by Gasteiger charge is 2.30. The summed E-state index contributed by atoms with van der Waals surface area (Å²) in [4.78, 5) is 5.34. The molecule has 2 heterocycles. The van der Waals surface area contributed by atoms with Gasteiger partial charge in [-0.05, 0) is 56.9 Å². The lowest BCUT2D eigenvalue weighted by Gasteiger charge is -2.38. The molecule has 1 aliphatic carbocycles. The molecule has 21 heavy (non-hydrogen) atoms. The Labute approximate surface area is 129 Å². The molecule has 118 valence electrons. The molecule has 0 bridgehead atoms. The second kappa shape index (κ2) is 6.97. The molecule has 0 radical (unpaired) electrons. The minimum absolute atomic E-state index is 0.805. The van der Waals surface area contributed by atoms with Crippen molar-refractivity contribution in [3.05, 3.63) is 24.0 Å². The number of hydrogen-bond acceptors (Lipinski definition) is 2. The van der Waals surface area contributed by atoms with E-state index in [-0.39, 0.29) is 0 Å². The molecule has 2 aliphatic rings. The average molecular weight is 289 g/mol. The molecule has 0 aromatic carbocycles. The lowest BCUT2D eigenvalue weighted by atomic mass is 9.90. The molecular formula is C18H31N3. The Balaban J connectivity index is 1.65. The highest BCUT2D eigenvalue weighted by atomic mass is 15.2. The second-order valence-corrected chi connectivity index (χ2v) is 6.85. The van der Waals surface area contributed by atoms with E-state index in [0.717, 1.165) is 12.0 Å². The maximum atomic E-state index is 2.77. The molecule has 1 aliphatic heterocycles. The summed E-state index contributed by atoms with van der Waals surface area (Å²) >= 11 is 0.